The molecular weight excluding hydrogens is 392 g/mol. The van der Waals surface area contributed by atoms with Crippen LogP contribution in [0.1, 0.15) is 42.8 Å². The number of carbonyl (C=O) groups is 1. The molecule has 0 spiro atoms. The summed E-state index contributed by atoms with van der Waals surface area (Å²) >= 11 is 1.62. The number of aromatic nitrogens is 2. The van der Waals surface area contributed by atoms with E-state index in [2.05, 4.69) is 46.1 Å². The number of fused-ring (bicyclic) bond motifs is 1. The largest absolute Gasteiger partial charge is 0.372 e. The molecule has 1 unspecified atom stereocenters. The van der Waals surface area contributed by atoms with Gasteiger partial charge in [0.1, 0.15) is 5.82 Å². The van der Waals surface area contributed by atoms with Crippen LogP contribution in [-0.4, -0.2) is 46.7 Å². The molecule has 5 nitrogen and oxygen atoms in total. The van der Waals surface area contributed by atoms with Crippen molar-refractivity contribution in [3.8, 4) is 0 Å². The van der Waals surface area contributed by atoms with Crippen LogP contribution in [0.3, 0.4) is 0 Å². The zero-order valence-electron chi connectivity index (χ0n) is 17.8. The van der Waals surface area contributed by atoms with E-state index in [4.69, 9.17) is 0 Å². The first-order valence-corrected chi connectivity index (χ1v) is 11.8. The Morgan fingerprint density at radius 3 is 2.60 bits per heavy atom. The third-order valence-electron chi connectivity index (χ3n) is 5.75. The van der Waals surface area contributed by atoms with E-state index in [0.29, 0.717) is 12.3 Å². The average Bonchev–Trinajstić information content (AvgIpc) is 3.23. The van der Waals surface area contributed by atoms with Gasteiger partial charge in [0, 0.05) is 32.4 Å². The van der Waals surface area contributed by atoms with Crippen LogP contribution in [0.25, 0.3) is 11.0 Å². The molecule has 30 heavy (non-hydrogen) atoms. The number of para-hydroxylation sites is 2. The Morgan fingerprint density at radius 1 is 1.13 bits per heavy atom. The minimum absolute atomic E-state index is 0.138. The van der Waals surface area contributed by atoms with Crippen molar-refractivity contribution in [2.24, 2.45) is 0 Å². The van der Waals surface area contributed by atoms with Gasteiger partial charge in [-0.3, -0.25) is 4.79 Å². The topological polar surface area (TPSA) is 52.2 Å². The molecule has 3 aromatic rings. The molecule has 0 saturated carbocycles. The molecule has 2 heterocycles. The molecule has 1 atom stereocenters. The fourth-order valence-corrected chi connectivity index (χ4v) is 4.76. The van der Waals surface area contributed by atoms with Crippen LogP contribution in [-0.2, 0) is 11.3 Å². The van der Waals surface area contributed by atoms with Crippen molar-refractivity contribution < 1.29 is 4.79 Å². The molecular formula is C24H30N4OS. The number of thioether (sulfide) groups is 1. The van der Waals surface area contributed by atoms with Gasteiger partial charge in [-0.25, -0.2) is 4.98 Å². The zero-order valence-corrected chi connectivity index (χ0v) is 18.6. The van der Waals surface area contributed by atoms with Crippen LogP contribution in [0, 0.1) is 0 Å². The first-order valence-electron chi connectivity index (χ1n) is 10.7. The molecule has 1 amide bonds. The molecule has 0 radical (unpaired) electrons. The van der Waals surface area contributed by atoms with E-state index in [1.165, 1.54) is 30.5 Å². The SMILES string of the molecule is CC(SCC(=O)N(C)Cc1ccc(N2CCCCC2)cc1)c1nc2ccccc2[nH]1. The Hall–Kier alpha value is -2.47. The summed E-state index contributed by atoms with van der Waals surface area (Å²) in [6.45, 7) is 5.03. The predicted octanol–water partition coefficient (Wildman–Crippen LogP) is 5.01. The maximum atomic E-state index is 12.6. The number of piperidine rings is 1. The highest BCUT2D eigenvalue weighted by Crippen LogP contribution is 2.28. The molecule has 1 aliphatic rings. The number of nitrogens with zero attached hydrogens (tertiary/aromatic N) is 3. The number of H-pyrrole nitrogens is 1. The van der Waals surface area contributed by atoms with Gasteiger partial charge in [-0.15, -0.1) is 11.8 Å². The summed E-state index contributed by atoms with van der Waals surface area (Å²) in [5.74, 6) is 1.51. The van der Waals surface area contributed by atoms with Gasteiger partial charge in [0.15, 0.2) is 0 Å². The number of hydrogen-bond acceptors (Lipinski definition) is 4. The van der Waals surface area contributed by atoms with Crippen molar-refractivity contribution in [1.82, 2.24) is 14.9 Å². The minimum atomic E-state index is 0.138. The monoisotopic (exact) mass is 422 g/mol. The Kier molecular flexibility index (Phi) is 6.62. The van der Waals surface area contributed by atoms with E-state index in [9.17, 15) is 4.79 Å². The minimum Gasteiger partial charge on any atom is -0.372 e. The van der Waals surface area contributed by atoms with Gasteiger partial charge in [0.25, 0.3) is 0 Å². The second-order valence-electron chi connectivity index (χ2n) is 8.06. The van der Waals surface area contributed by atoms with Crippen molar-refractivity contribution in [2.75, 3.05) is 30.8 Å². The van der Waals surface area contributed by atoms with Crippen molar-refractivity contribution in [2.45, 2.75) is 38.0 Å². The molecule has 158 valence electrons. The van der Waals surface area contributed by atoms with Gasteiger partial charge < -0.3 is 14.8 Å². The van der Waals surface area contributed by atoms with Crippen LogP contribution in [0.5, 0.6) is 0 Å². The van der Waals surface area contributed by atoms with Gasteiger partial charge in [0.2, 0.25) is 5.91 Å². The van der Waals surface area contributed by atoms with E-state index in [1.54, 1.807) is 11.8 Å². The first kappa shape index (κ1) is 20.8. The lowest BCUT2D eigenvalue weighted by Gasteiger charge is -2.29. The number of nitrogens with one attached hydrogen (secondary N) is 1. The predicted molar refractivity (Wildman–Crippen MR) is 126 cm³/mol. The first-order chi connectivity index (χ1) is 14.6. The number of imidazole rings is 1. The fourth-order valence-electron chi connectivity index (χ4n) is 3.88. The van der Waals surface area contributed by atoms with Crippen LogP contribution in [0.15, 0.2) is 48.5 Å². The maximum Gasteiger partial charge on any atom is 0.232 e. The summed E-state index contributed by atoms with van der Waals surface area (Å²) in [7, 11) is 1.88. The normalized spacial score (nSPS) is 15.3. The van der Waals surface area contributed by atoms with Crippen LogP contribution < -0.4 is 4.90 Å². The van der Waals surface area contributed by atoms with Crippen molar-refractivity contribution in [3.05, 3.63) is 59.9 Å². The number of amides is 1. The highest BCUT2D eigenvalue weighted by atomic mass is 32.2. The van der Waals surface area contributed by atoms with Crippen molar-refractivity contribution in [1.29, 1.82) is 0 Å². The second-order valence-corrected chi connectivity index (χ2v) is 9.39. The molecule has 1 N–H and O–H groups in total. The van der Waals surface area contributed by atoms with Crippen LogP contribution in [0.4, 0.5) is 5.69 Å². The van der Waals surface area contributed by atoms with Gasteiger partial charge in [-0.2, -0.15) is 0 Å². The smallest absolute Gasteiger partial charge is 0.232 e. The number of rotatable bonds is 7. The average molecular weight is 423 g/mol. The molecule has 1 saturated heterocycles. The highest BCUT2D eigenvalue weighted by molar-refractivity contribution is 8.00. The van der Waals surface area contributed by atoms with Crippen molar-refractivity contribution in [3.63, 3.8) is 0 Å². The molecule has 0 aliphatic carbocycles. The fraction of sp³-hybridized carbons (Fsp3) is 0.417. The summed E-state index contributed by atoms with van der Waals surface area (Å²) in [5.41, 5.74) is 4.47. The van der Waals surface area contributed by atoms with Crippen LogP contribution >= 0.6 is 11.8 Å². The Bertz CT molecular complexity index is 945. The standard InChI is InChI=1S/C24H30N4OS/c1-18(24-25-21-8-4-5-9-22(21)26-24)30-17-23(29)27(2)16-19-10-12-20(13-11-19)28-14-6-3-7-15-28/h4-5,8-13,18H,3,6-7,14-17H2,1-2H3,(H,25,26). The molecule has 1 fully saturated rings. The molecule has 2 aromatic carbocycles. The van der Waals surface area contributed by atoms with Gasteiger partial charge in [-0.1, -0.05) is 24.3 Å². The molecule has 6 heteroatoms. The lowest BCUT2D eigenvalue weighted by atomic mass is 10.1. The summed E-state index contributed by atoms with van der Waals surface area (Å²) < 4.78 is 0. The number of carbonyl (C=O) groups excluding carboxylic acids is 1. The summed E-state index contributed by atoms with van der Waals surface area (Å²) in [4.78, 5) is 24.9. The molecule has 0 bridgehead atoms. The van der Waals surface area contributed by atoms with Gasteiger partial charge in [-0.05, 0) is 56.0 Å². The number of benzene rings is 2. The van der Waals surface area contributed by atoms with Crippen molar-refractivity contribution >= 4 is 34.4 Å². The van der Waals surface area contributed by atoms with E-state index in [0.717, 1.165) is 29.9 Å². The number of aromatic amines is 1. The van der Waals surface area contributed by atoms with Gasteiger partial charge >= 0.3 is 0 Å². The Morgan fingerprint density at radius 2 is 1.87 bits per heavy atom. The summed E-state index contributed by atoms with van der Waals surface area (Å²) in [6.07, 6.45) is 3.90. The van der Waals surface area contributed by atoms with Crippen LogP contribution in [0.2, 0.25) is 0 Å². The lowest BCUT2D eigenvalue weighted by Crippen LogP contribution is -2.29. The summed E-state index contributed by atoms with van der Waals surface area (Å²) in [6, 6.07) is 16.7. The third-order valence-corrected chi connectivity index (χ3v) is 6.89. The van der Waals surface area contributed by atoms with E-state index < -0.39 is 0 Å². The number of hydrogen-bond donors (Lipinski definition) is 1. The zero-order chi connectivity index (χ0) is 20.9. The molecule has 4 rings (SSSR count). The second kappa shape index (κ2) is 9.56. The number of anilines is 1. The molecule has 1 aliphatic heterocycles. The highest BCUT2D eigenvalue weighted by Gasteiger charge is 2.16. The third kappa shape index (κ3) is 4.98. The van der Waals surface area contributed by atoms with Gasteiger partial charge in [0.05, 0.1) is 22.0 Å². The molecule has 1 aromatic heterocycles. The lowest BCUT2D eigenvalue weighted by molar-refractivity contribution is -0.127. The Balaban J connectivity index is 1.28. The quantitative estimate of drug-likeness (QED) is 0.582. The maximum absolute atomic E-state index is 12.6. The van der Waals surface area contributed by atoms with E-state index in [-0.39, 0.29) is 11.2 Å². The summed E-state index contributed by atoms with van der Waals surface area (Å²) in [5, 5.41) is 0.138. The van der Waals surface area contributed by atoms with E-state index >= 15 is 0 Å². The Labute approximate surface area is 182 Å². The van der Waals surface area contributed by atoms with E-state index in [1.807, 2.05) is 36.2 Å².